The summed E-state index contributed by atoms with van der Waals surface area (Å²) >= 11 is 3.09. The van der Waals surface area contributed by atoms with Gasteiger partial charge in [0.1, 0.15) is 18.2 Å². The average Bonchev–Trinajstić information content (AvgIpc) is 2.66. The third kappa shape index (κ3) is 2.41. The first-order valence-electron chi connectivity index (χ1n) is 4.70. The largest absolute Gasteiger partial charge is 0.487 e. The maximum absolute atomic E-state index is 13.2. The lowest BCUT2D eigenvalue weighted by atomic mass is 10.3. The van der Waals surface area contributed by atoms with Crippen LogP contribution in [0.25, 0.3) is 0 Å². The van der Waals surface area contributed by atoms with Crippen molar-refractivity contribution in [2.24, 2.45) is 7.05 Å². The lowest BCUT2D eigenvalue weighted by Gasteiger charge is -2.06. The van der Waals surface area contributed by atoms with E-state index >= 15 is 0 Å². The van der Waals surface area contributed by atoms with Crippen molar-refractivity contribution in [3.05, 3.63) is 46.7 Å². The Labute approximate surface area is 101 Å². The molecular weight excluding hydrogens is 275 g/mol. The number of aryl methyl sites for hydroxylation is 1. The van der Waals surface area contributed by atoms with E-state index in [0.29, 0.717) is 16.8 Å². The summed E-state index contributed by atoms with van der Waals surface area (Å²) in [6.45, 7) is 0.373. The number of aromatic nitrogens is 2. The van der Waals surface area contributed by atoms with Gasteiger partial charge in [-0.1, -0.05) is 0 Å². The summed E-state index contributed by atoms with van der Waals surface area (Å²) < 4.78 is 20.9. The van der Waals surface area contributed by atoms with Gasteiger partial charge < -0.3 is 9.30 Å². The predicted molar refractivity (Wildman–Crippen MR) is 61.6 cm³/mol. The highest BCUT2D eigenvalue weighted by atomic mass is 79.9. The van der Waals surface area contributed by atoms with Crippen molar-refractivity contribution in [1.82, 2.24) is 9.55 Å². The summed E-state index contributed by atoms with van der Waals surface area (Å²) in [5.74, 6) is 0.171. The summed E-state index contributed by atoms with van der Waals surface area (Å²) in [5.41, 5.74) is 0.934. The fourth-order valence-electron chi connectivity index (χ4n) is 1.25. The monoisotopic (exact) mass is 284 g/mol. The molecule has 0 fully saturated rings. The van der Waals surface area contributed by atoms with Gasteiger partial charge in [-0.3, -0.25) is 0 Å². The third-order valence-electron chi connectivity index (χ3n) is 2.19. The quantitative estimate of drug-likeness (QED) is 0.867. The summed E-state index contributed by atoms with van der Waals surface area (Å²) in [4.78, 5) is 3.97. The Morgan fingerprint density at radius 2 is 2.31 bits per heavy atom. The summed E-state index contributed by atoms with van der Waals surface area (Å²) in [6, 6.07) is 4.68. The molecule has 0 aliphatic heterocycles. The van der Waals surface area contributed by atoms with Crippen LogP contribution in [0.5, 0.6) is 5.75 Å². The summed E-state index contributed by atoms with van der Waals surface area (Å²) in [6.07, 6.45) is 3.41. The van der Waals surface area contributed by atoms with Crippen LogP contribution in [0.2, 0.25) is 0 Å². The molecule has 0 radical (unpaired) electrons. The van der Waals surface area contributed by atoms with E-state index in [-0.39, 0.29) is 5.82 Å². The number of hydrogen-bond donors (Lipinski definition) is 0. The van der Waals surface area contributed by atoms with Crippen molar-refractivity contribution >= 4 is 15.9 Å². The van der Waals surface area contributed by atoms with Crippen LogP contribution in [0.15, 0.2) is 35.2 Å². The van der Waals surface area contributed by atoms with Crippen molar-refractivity contribution in [2.45, 2.75) is 6.61 Å². The number of halogens is 2. The van der Waals surface area contributed by atoms with Crippen molar-refractivity contribution in [3.63, 3.8) is 0 Å². The van der Waals surface area contributed by atoms with Gasteiger partial charge in [-0.25, -0.2) is 9.37 Å². The van der Waals surface area contributed by atoms with E-state index < -0.39 is 0 Å². The second-order valence-corrected chi connectivity index (χ2v) is 4.21. The SMILES string of the molecule is Cn1cncc1COc1ccc(Br)c(F)c1. The third-order valence-corrected chi connectivity index (χ3v) is 2.84. The standard InChI is InChI=1S/C11H10BrFN2O/c1-15-7-14-5-8(15)6-16-9-2-3-10(12)11(13)4-9/h2-5,7H,6H2,1H3. The Kier molecular flexibility index (Phi) is 3.24. The van der Waals surface area contributed by atoms with Crippen LogP contribution in [0.3, 0.4) is 0 Å². The summed E-state index contributed by atoms with van der Waals surface area (Å²) in [7, 11) is 1.88. The smallest absolute Gasteiger partial charge is 0.141 e. The fraction of sp³-hybridized carbons (Fsp3) is 0.182. The zero-order valence-electron chi connectivity index (χ0n) is 8.65. The highest BCUT2D eigenvalue weighted by Gasteiger charge is 2.03. The minimum absolute atomic E-state index is 0.331. The van der Waals surface area contributed by atoms with Crippen LogP contribution in [-0.4, -0.2) is 9.55 Å². The van der Waals surface area contributed by atoms with Gasteiger partial charge in [-0.05, 0) is 28.1 Å². The molecule has 0 aliphatic carbocycles. The fourth-order valence-corrected chi connectivity index (χ4v) is 1.49. The van der Waals surface area contributed by atoms with Crippen molar-refractivity contribution in [3.8, 4) is 5.75 Å². The molecule has 0 saturated heterocycles. The van der Waals surface area contributed by atoms with Crippen LogP contribution in [-0.2, 0) is 13.7 Å². The van der Waals surface area contributed by atoms with Gasteiger partial charge in [0, 0.05) is 13.1 Å². The first-order valence-corrected chi connectivity index (χ1v) is 5.49. The van der Waals surface area contributed by atoms with Crippen LogP contribution in [0.1, 0.15) is 5.69 Å². The Hall–Kier alpha value is -1.36. The number of nitrogens with zero attached hydrogens (tertiary/aromatic N) is 2. The molecule has 1 heterocycles. The molecule has 1 aromatic carbocycles. The normalized spacial score (nSPS) is 10.4. The molecule has 1 aromatic heterocycles. The molecule has 3 nitrogen and oxygen atoms in total. The minimum atomic E-state index is -0.331. The van der Waals surface area contributed by atoms with E-state index in [1.54, 1.807) is 24.7 Å². The van der Waals surface area contributed by atoms with Gasteiger partial charge in [0.15, 0.2) is 0 Å². The first-order chi connectivity index (χ1) is 7.66. The molecule has 0 amide bonds. The predicted octanol–water partition coefficient (Wildman–Crippen LogP) is 2.90. The highest BCUT2D eigenvalue weighted by Crippen LogP contribution is 2.21. The Balaban J connectivity index is 2.05. The second-order valence-electron chi connectivity index (χ2n) is 3.36. The van der Waals surface area contributed by atoms with Gasteiger partial charge in [0.25, 0.3) is 0 Å². The van der Waals surface area contributed by atoms with Crippen molar-refractivity contribution < 1.29 is 9.13 Å². The zero-order chi connectivity index (χ0) is 11.5. The molecule has 0 unspecified atom stereocenters. The van der Waals surface area contributed by atoms with Gasteiger partial charge in [-0.15, -0.1) is 0 Å². The molecule has 2 aromatic rings. The Morgan fingerprint density at radius 3 is 2.94 bits per heavy atom. The van der Waals surface area contributed by atoms with Gasteiger partial charge in [-0.2, -0.15) is 0 Å². The first kappa shape index (κ1) is 11.1. The molecule has 0 spiro atoms. The number of hydrogen-bond acceptors (Lipinski definition) is 2. The van der Waals surface area contributed by atoms with Crippen LogP contribution >= 0.6 is 15.9 Å². The minimum Gasteiger partial charge on any atom is -0.487 e. The lowest BCUT2D eigenvalue weighted by molar-refractivity contribution is 0.295. The maximum atomic E-state index is 13.2. The van der Waals surface area contributed by atoms with E-state index in [1.165, 1.54) is 6.07 Å². The van der Waals surface area contributed by atoms with E-state index in [0.717, 1.165) is 5.69 Å². The average molecular weight is 285 g/mol. The highest BCUT2D eigenvalue weighted by molar-refractivity contribution is 9.10. The molecule has 84 valence electrons. The Morgan fingerprint density at radius 1 is 1.50 bits per heavy atom. The van der Waals surface area contributed by atoms with E-state index in [2.05, 4.69) is 20.9 Å². The molecule has 0 bridgehead atoms. The molecule has 0 atom stereocenters. The van der Waals surface area contributed by atoms with Crippen LogP contribution < -0.4 is 4.74 Å². The number of rotatable bonds is 3. The molecule has 5 heteroatoms. The van der Waals surface area contributed by atoms with E-state index in [9.17, 15) is 4.39 Å². The Bertz CT molecular complexity index is 498. The topological polar surface area (TPSA) is 27.1 Å². The van der Waals surface area contributed by atoms with E-state index in [4.69, 9.17) is 4.74 Å². The van der Waals surface area contributed by atoms with E-state index in [1.807, 2.05) is 11.6 Å². The maximum Gasteiger partial charge on any atom is 0.141 e. The molecular formula is C11H10BrFN2O. The van der Waals surface area contributed by atoms with Crippen LogP contribution in [0.4, 0.5) is 4.39 Å². The number of ether oxygens (including phenoxy) is 1. The van der Waals surface area contributed by atoms with Gasteiger partial charge in [0.2, 0.25) is 0 Å². The zero-order valence-corrected chi connectivity index (χ0v) is 10.2. The van der Waals surface area contributed by atoms with Crippen molar-refractivity contribution in [2.75, 3.05) is 0 Å². The number of benzene rings is 1. The van der Waals surface area contributed by atoms with Crippen molar-refractivity contribution in [1.29, 1.82) is 0 Å². The molecule has 16 heavy (non-hydrogen) atoms. The molecule has 0 saturated carbocycles. The van der Waals surface area contributed by atoms with Gasteiger partial charge in [0.05, 0.1) is 22.7 Å². The molecule has 0 N–H and O–H groups in total. The molecule has 0 aliphatic rings. The lowest BCUT2D eigenvalue weighted by Crippen LogP contribution is -2.01. The summed E-state index contributed by atoms with van der Waals surface area (Å²) in [5, 5.41) is 0. The van der Waals surface area contributed by atoms with Gasteiger partial charge >= 0.3 is 0 Å². The van der Waals surface area contributed by atoms with Crippen LogP contribution in [0, 0.1) is 5.82 Å². The number of imidazole rings is 1. The molecule has 2 rings (SSSR count). The second kappa shape index (κ2) is 4.65.